The Balaban J connectivity index is 1.92. The van der Waals surface area contributed by atoms with E-state index in [0.29, 0.717) is 0 Å². The molecule has 3 rings (SSSR count). The van der Waals surface area contributed by atoms with Gasteiger partial charge in [0.05, 0.1) is 4.05 Å². The number of carbonyl (C=O) groups is 1. The van der Waals surface area contributed by atoms with Gasteiger partial charge in [-0.1, -0.05) is 40.8 Å². The molecule has 1 aliphatic heterocycles. The summed E-state index contributed by atoms with van der Waals surface area (Å²) < 4.78 is 16.3. The average Bonchev–Trinajstić information content (AvgIpc) is 2.82. The average molecular weight is 460 g/mol. The smallest absolute Gasteiger partial charge is 0.224 e. The van der Waals surface area contributed by atoms with Gasteiger partial charge in [-0.15, -0.1) is 0 Å². The van der Waals surface area contributed by atoms with Gasteiger partial charge in [0.1, 0.15) is 0 Å². The summed E-state index contributed by atoms with van der Waals surface area (Å²) in [6, 6.07) is 15.2. The molecule has 0 fully saturated rings. The molecule has 4 nitrogen and oxygen atoms in total. The van der Waals surface area contributed by atoms with Gasteiger partial charge in [-0.25, -0.2) is 0 Å². The molecule has 0 bridgehead atoms. The van der Waals surface area contributed by atoms with E-state index in [2.05, 4.69) is 35.8 Å². The molecule has 1 heterocycles. The Hall–Kier alpha value is -0.980. The number of fused-ring (bicyclic) bond motifs is 1. The monoisotopic (exact) mass is 460 g/mol. The maximum Gasteiger partial charge on any atom is 0.224 e. The quantitative estimate of drug-likeness (QED) is 0.242. The number of nitrogens with zero attached hydrogens (tertiary/aromatic N) is 1. The van der Waals surface area contributed by atoms with E-state index in [4.69, 9.17) is 0 Å². The minimum atomic E-state index is -2.80. The van der Waals surface area contributed by atoms with Crippen LogP contribution in [0.5, 0.6) is 0 Å². The van der Waals surface area contributed by atoms with E-state index in [0.717, 1.165) is 28.3 Å². The number of nitrogens with one attached hydrogen (secondary N) is 1. The maximum atomic E-state index is 13.1. The predicted molar refractivity (Wildman–Crippen MR) is 109 cm³/mol. The number of hydrogen-bond acceptors (Lipinski definition) is 2. The van der Waals surface area contributed by atoms with Gasteiger partial charge in [0.25, 0.3) is 0 Å². The third-order valence-electron chi connectivity index (χ3n) is 3.78. The molecule has 0 saturated heterocycles. The molecule has 2 atom stereocenters. The van der Waals surface area contributed by atoms with Crippen molar-refractivity contribution in [2.75, 3.05) is 9.62 Å². The number of para-hydroxylation sites is 1. The molecule has 2 unspecified atom stereocenters. The van der Waals surface area contributed by atoms with Gasteiger partial charge in [0.15, 0.2) is 0 Å². The van der Waals surface area contributed by atoms with Crippen LogP contribution in [0.25, 0.3) is 0 Å². The summed E-state index contributed by atoms with van der Waals surface area (Å²) >= 11 is 2.27. The molecule has 122 valence electrons. The van der Waals surface area contributed by atoms with E-state index in [1.165, 1.54) is 0 Å². The first-order valence-corrected chi connectivity index (χ1v) is 11.7. The van der Waals surface area contributed by atoms with Gasteiger partial charge in [0, 0.05) is 29.6 Å². The number of hydrogen-bond donors (Lipinski definition) is 2. The highest BCUT2D eigenvalue weighted by molar-refractivity contribution is 14.1. The molecule has 0 spiro atoms. The van der Waals surface area contributed by atoms with Crippen LogP contribution < -0.4 is 9.62 Å². The molecular weight excluding hydrogens is 442 g/mol. The molecule has 2 aromatic rings. The Bertz CT molecular complexity index is 800. The summed E-state index contributed by atoms with van der Waals surface area (Å²) in [6.07, 6.45) is 0.777. The number of halogens is 1. The fraction of sp³-hybridized carbons (Fsp3) is 0.188. The topological polar surface area (TPSA) is 49.4 Å². The lowest BCUT2D eigenvalue weighted by Crippen LogP contribution is -2.31. The summed E-state index contributed by atoms with van der Waals surface area (Å²) in [5.41, 5.74) is 2.81. The fourth-order valence-corrected chi connectivity index (χ4v) is 6.14. The first kappa shape index (κ1) is 16.9. The van der Waals surface area contributed by atoms with Gasteiger partial charge in [-0.05, 0) is 54.1 Å². The summed E-state index contributed by atoms with van der Waals surface area (Å²) in [4.78, 5) is 14.3. The summed E-state index contributed by atoms with van der Waals surface area (Å²) in [5, 5.41) is 0. The summed E-state index contributed by atoms with van der Waals surface area (Å²) in [7, 11) is -0.345. The lowest BCUT2D eigenvalue weighted by atomic mass is 10.2. The van der Waals surface area contributed by atoms with Crippen molar-refractivity contribution < 1.29 is 9.00 Å². The lowest BCUT2D eigenvalue weighted by molar-refractivity contribution is -0.116. The predicted octanol–water partition coefficient (Wildman–Crippen LogP) is 3.55. The van der Waals surface area contributed by atoms with Crippen LogP contribution >= 0.6 is 31.0 Å². The van der Waals surface area contributed by atoms with E-state index in [-0.39, 0.29) is 9.96 Å². The van der Waals surface area contributed by atoms with Crippen molar-refractivity contribution in [3.05, 3.63) is 54.1 Å². The van der Waals surface area contributed by atoms with Crippen molar-refractivity contribution in [3.63, 3.8) is 0 Å². The highest BCUT2D eigenvalue weighted by Crippen LogP contribution is 2.38. The van der Waals surface area contributed by atoms with Crippen LogP contribution in [0.2, 0.25) is 0 Å². The molecule has 23 heavy (non-hydrogen) atoms. The van der Waals surface area contributed by atoms with E-state index >= 15 is 0 Å². The third-order valence-corrected chi connectivity index (χ3v) is 7.70. The molecule has 0 radical (unpaired) electrons. The van der Waals surface area contributed by atoms with Crippen LogP contribution in [-0.4, -0.2) is 14.2 Å². The van der Waals surface area contributed by atoms with E-state index in [9.17, 15) is 9.00 Å². The van der Waals surface area contributed by atoms with Crippen LogP contribution in [0, 0.1) is 0 Å². The lowest BCUT2D eigenvalue weighted by Gasteiger charge is -2.23. The van der Waals surface area contributed by atoms with Crippen LogP contribution in [0.1, 0.15) is 12.5 Å². The van der Waals surface area contributed by atoms with Gasteiger partial charge >= 0.3 is 0 Å². The Morgan fingerprint density at radius 3 is 2.65 bits per heavy atom. The second kappa shape index (κ2) is 6.49. The van der Waals surface area contributed by atoms with Crippen LogP contribution in [0.3, 0.4) is 0 Å². The molecule has 1 N–H and O–H groups in total. The number of carbonyl (C=O) groups excluding carboxylic acids is 1. The fourth-order valence-electron chi connectivity index (χ4n) is 2.74. The largest absolute Gasteiger partial charge is 0.321 e. The minimum Gasteiger partial charge on any atom is -0.321 e. The Morgan fingerprint density at radius 2 is 2.00 bits per heavy atom. The van der Waals surface area contributed by atoms with E-state index in [1.54, 1.807) is 11.8 Å². The highest BCUT2D eigenvalue weighted by atomic mass is 127. The zero-order valence-corrected chi connectivity index (χ0v) is 16.8. The molecule has 2 aromatic carbocycles. The Kier molecular flexibility index (Phi) is 4.76. The second-order valence-corrected chi connectivity index (χ2v) is 11.2. The van der Waals surface area contributed by atoms with E-state index in [1.807, 2.05) is 48.5 Å². The Morgan fingerprint density at radius 1 is 1.30 bits per heavy atom. The number of rotatable bonds is 3. The van der Waals surface area contributed by atoms with Gasteiger partial charge in [-0.2, -0.15) is 0 Å². The van der Waals surface area contributed by atoms with Gasteiger partial charge in [-0.3, -0.25) is 13.9 Å². The van der Waals surface area contributed by atoms with Crippen molar-refractivity contribution in [3.8, 4) is 0 Å². The molecular formula is C16H18IN2O2PS. The SMILES string of the molecule is CC(=O)N1c2ccc([SH](=O)(P)Nc3ccccc3)cc2CC1I. The standard InChI is InChI=1S/C16H18IN2O2PS/c1-11(20)19-15-8-7-14(9-12(15)10-16(19)17)23(21,22)18-13-5-3-2-4-6-13/h2-9,16,23H,10,22H2,1H3,(H,18,21). The number of thiol groups is 1. The molecule has 0 aromatic heterocycles. The van der Waals surface area contributed by atoms with Gasteiger partial charge < -0.3 is 4.72 Å². The normalized spacial score (nSPS) is 17.7. The number of alkyl halides is 1. The third kappa shape index (κ3) is 3.44. The number of benzene rings is 2. The zero-order chi connectivity index (χ0) is 16.6. The Labute approximate surface area is 152 Å². The van der Waals surface area contributed by atoms with Crippen molar-refractivity contribution in [1.29, 1.82) is 0 Å². The molecule has 7 heteroatoms. The van der Waals surface area contributed by atoms with Crippen molar-refractivity contribution in [2.45, 2.75) is 22.3 Å². The number of amides is 1. The molecule has 0 saturated carbocycles. The number of anilines is 2. The first-order chi connectivity index (χ1) is 10.9. The van der Waals surface area contributed by atoms with Gasteiger partial charge in [0.2, 0.25) is 5.91 Å². The second-order valence-electron chi connectivity index (χ2n) is 5.48. The zero-order valence-electron chi connectivity index (χ0n) is 12.6. The van der Waals surface area contributed by atoms with Crippen molar-refractivity contribution in [1.82, 2.24) is 0 Å². The van der Waals surface area contributed by atoms with E-state index < -0.39 is 9.74 Å². The van der Waals surface area contributed by atoms with Crippen molar-refractivity contribution >= 4 is 58.1 Å². The van der Waals surface area contributed by atoms with Crippen molar-refractivity contribution in [2.24, 2.45) is 0 Å². The molecule has 1 aliphatic rings. The first-order valence-electron chi connectivity index (χ1n) is 7.18. The van der Waals surface area contributed by atoms with Crippen LogP contribution in [0.15, 0.2) is 53.4 Å². The maximum absolute atomic E-state index is 13.1. The highest BCUT2D eigenvalue weighted by Gasteiger charge is 2.30. The molecule has 0 aliphatic carbocycles. The minimum absolute atomic E-state index is 0.0346. The summed E-state index contributed by atoms with van der Waals surface area (Å²) in [6.45, 7) is 1.58. The van der Waals surface area contributed by atoms with Crippen LogP contribution in [-0.2, 0) is 21.0 Å². The summed E-state index contributed by atoms with van der Waals surface area (Å²) in [5.74, 6) is 0.0346. The van der Waals surface area contributed by atoms with Crippen LogP contribution in [0.4, 0.5) is 11.4 Å². The molecule has 1 amide bonds.